The number of carbonyl (C=O) groups is 2. The maximum absolute atomic E-state index is 12.8. The average molecular weight is 504 g/mol. The summed E-state index contributed by atoms with van der Waals surface area (Å²) in [6.45, 7) is 0.140. The molecule has 3 aromatic carbocycles. The molecule has 0 bridgehead atoms. The second-order valence-corrected chi connectivity index (χ2v) is 8.77. The van der Waals surface area contributed by atoms with Crippen molar-refractivity contribution >= 4 is 40.5 Å². The zero-order chi connectivity index (χ0) is 25.0. The van der Waals surface area contributed by atoms with Crippen molar-refractivity contribution in [2.75, 3.05) is 24.5 Å². The largest absolute Gasteiger partial charge is 0.488 e. The highest BCUT2D eigenvalue weighted by Gasteiger charge is 2.50. The first kappa shape index (κ1) is 21.9. The van der Waals surface area contributed by atoms with Crippen molar-refractivity contribution in [2.45, 2.75) is 5.54 Å². The van der Waals surface area contributed by atoms with Gasteiger partial charge in [0, 0.05) is 22.5 Å². The van der Waals surface area contributed by atoms with Crippen molar-refractivity contribution in [1.82, 2.24) is 0 Å². The monoisotopic (exact) mass is 503 g/mol. The first-order chi connectivity index (χ1) is 17.4. The predicted octanol–water partition coefficient (Wildman–Crippen LogP) is 3.85. The van der Waals surface area contributed by atoms with Crippen LogP contribution in [0.15, 0.2) is 70.4 Å². The third-order valence-corrected chi connectivity index (χ3v) is 6.60. The van der Waals surface area contributed by atoms with Crippen molar-refractivity contribution < 1.29 is 23.8 Å². The van der Waals surface area contributed by atoms with E-state index in [1.165, 1.54) is 6.07 Å². The number of nitrogens with two attached hydrogens (primary N) is 2. The van der Waals surface area contributed by atoms with Crippen LogP contribution in [0.1, 0.15) is 21.5 Å². The summed E-state index contributed by atoms with van der Waals surface area (Å²) in [5.74, 6) is 0.438. The Morgan fingerprint density at radius 1 is 0.972 bits per heavy atom. The molecule has 36 heavy (non-hydrogen) atoms. The van der Waals surface area contributed by atoms with Gasteiger partial charge >= 0.3 is 0 Å². The van der Waals surface area contributed by atoms with Crippen LogP contribution in [-0.2, 0) is 10.3 Å². The van der Waals surface area contributed by atoms with Crippen LogP contribution in [-0.4, -0.2) is 25.2 Å². The lowest BCUT2D eigenvalue weighted by Gasteiger charge is -2.28. The van der Waals surface area contributed by atoms with Crippen molar-refractivity contribution in [3.8, 4) is 17.2 Å². The maximum atomic E-state index is 12.8. The highest BCUT2D eigenvalue weighted by atomic mass is 35.5. The van der Waals surface area contributed by atoms with E-state index >= 15 is 0 Å². The minimum Gasteiger partial charge on any atom is -0.488 e. The Balaban J connectivity index is 1.39. The van der Waals surface area contributed by atoms with Crippen molar-refractivity contribution in [2.24, 2.45) is 16.0 Å². The Labute approximate surface area is 209 Å². The van der Waals surface area contributed by atoms with Crippen LogP contribution in [0.5, 0.6) is 17.2 Å². The fourth-order valence-corrected chi connectivity index (χ4v) is 4.69. The summed E-state index contributed by atoms with van der Waals surface area (Å²) in [7, 11) is 0. The lowest BCUT2D eigenvalue weighted by atomic mass is 9.80. The fraction of sp³-hybridized carbons (Fsp3) is 0.120. The minimum atomic E-state index is -1.57. The molecule has 1 atom stereocenters. The molecule has 0 spiro atoms. The van der Waals surface area contributed by atoms with Gasteiger partial charge in [-0.2, -0.15) is 10.2 Å². The second kappa shape index (κ2) is 7.99. The Hall–Kier alpha value is -4.57. The van der Waals surface area contributed by atoms with E-state index in [9.17, 15) is 9.59 Å². The lowest BCUT2D eigenvalue weighted by molar-refractivity contribution is -0.122. The molecule has 0 aromatic heterocycles. The summed E-state index contributed by atoms with van der Waals surface area (Å²) < 4.78 is 16.8. The summed E-state index contributed by atoms with van der Waals surface area (Å²) in [6, 6.07) is 14.8. The SMILES string of the molecule is NC(=O)C1(c2ccc3c(c2)OCO3)N=NC2=C1COc1ccc(NC(=O)c3cc(N)ccc3Cl)cc12. The minimum absolute atomic E-state index is 0.0529. The van der Waals surface area contributed by atoms with E-state index in [1.54, 1.807) is 48.5 Å². The van der Waals surface area contributed by atoms with Crippen LogP contribution in [0.3, 0.4) is 0 Å². The van der Waals surface area contributed by atoms with Gasteiger partial charge in [0.25, 0.3) is 11.8 Å². The summed E-state index contributed by atoms with van der Waals surface area (Å²) in [4.78, 5) is 25.7. The number of hydrogen-bond acceptors (Lipinski definition) is 8. The first-order valence-corrected chi connectivity index (χ1v) is 11.2. The zero-order valence-corrected chi connectivity index (χ0v) is 19.3. The van der Waals surface area contributed by atoms with Crippen LogP contribution >= 0.6 is 11.6 Å². The average Bonchev–Trinajstić information content (AvgIpc) is 3.50. The Bertz CT molecular complexity index is 1540. The quantitative estimate of drug-likeness (QED) is 0.460. The summed E-state index contributed by atoms with van der Waals surface area (Å²) in [6.07, 6.45) is 0. The van der Waals surface area contributed by atoms with Crippen LogP contribution in [0.2, 0.25) is 5.02 Å². The third-order valence-electron chi connectivity index (χ3n) is 6.27. The van der Waals surface area contributed by atoms with Gasteiger partial charge in [-0.3, -0.25) is 9.59 Å². The molecule has 180 valence electrons. The molecule has 3 aromatic rings. The molecular formula is C25H18ClN5O5. The van der Waals surface area contributed by atoms with Crippen LogP contribution in [0.4, 0.5) is 11.4 Å². The Morgan fingerprint density at radius 3 is 2.61 bits per heavy atom. The Kier molecular flexibility index (Phi) is 4.87. The molecular weight excluding hydrogens is 486 g/mol. The molecule has 6 rings (SSSR count). The molecule has 3 aliphatic heterocycles. The summed E-state index contributed by atoms with van der Waals surface area (Å²) >= 11 is 6.17. The van der Waals surface area contributed by atoms with Gasteiger partial charge in [0.05, 0.1) is 10.6 Å². The van der Waals surface area contributed by atoms with Crippen molar-refractivity contribution in [3.63, 3.8) is 0 Å². The fourth-order valence-electron chi connectivity index (χ4n) is 4.48. The van der Waals surface area contributed by atoms with Gasteiger partial charge in [0.2, 0.25) is 12.3 Å². The van der Waals surface area contributed by atoms with E-state index in [4.69, 9.17) is 37.3 Å². The molecule has 2 amide bonds. The number of carbonyl (C=O) groups excluding carboxylic acids is 2. The van der Waals surface area contributed by atoms with Gasteiger partial charge in [0.15, 0.2) is 11.5 Å². The normalized spacial score (nSPS) is 18.9. The smallest absolute Gasteiger partial charge is 0.257 e. The molecule has 0 radical (unpaired) electrons. The lowest BCUT2D eigenvalue weighted by Crippen LogP contribution is -2.42. The van der Waals surface area contributed by atoms with E-state index in [2.05, 4.69) is 15.5 Å². The number of nitrogens with zero attached hydrogens (tertiary/aromatic N) is 2. The first-order valence-electron chi connectivity index (χ1n) is 10.9. The highest BCUT2D eigenvalue weighted by Crippen LogP contribution is 2.50. The number of hydrogen-bond donors (Lipinski definition) is 3. The topological polar surface area (TPSA) is 151 Å². The standard InChI is InChI=1S/C25H18ClN5O5/c26-18-4-2-13(27)8-15(18)23(32)29-14-3-6-19-16(9-14)22-17(10-34-19)25(24(28)33,31-30-22)12-1-5-20-21(7-12)36-11-35-20/h1-9H,10-11,27H2,(H2,28,33)(H,29,32). The molecule has 0 aliphatic carbocycles. The number of amides is 2. The molecule has 10 nitrogen and oxygen atoms in total. The zero-order valence-electron chi connectivity index (χ0n) is 18.6. The van der Waals surface area contributed by atoms with E-state index in [0.717, 1.165) is 0 Å². The number of azo groups is 1. The van der Waals surface area contributed by atoms with Gasteiger partial charge in [-0.15, -0.1) is 0 Å². The second-order valence-electron chi connectivity index (χ2n) is 8.36. The third kappa shape index (κ3) is 3.26. The van der Waals surface area contributed by atoms with Gasteiger partial charge < -0.3 is 31.0 Å². The Morgan fingerprint density at radius 2 is 1.78 bits per heavy atom. The number of primary amides is 1. The van der Waals surface area contributed by atoms with Crippen LogP contribution in [0.25, 0.3) is 5.70 Å². The summed E-state index contributed by atoms with van der Waals surface area (Å²) in [5.41, 5.74) is 13.2. The van der Waals surface area contributed by atoms with E-state index < -0.39 is 17.4 Å². The number of nitrogen functional groups attached to an aromatic ring is 1. The number of rotatable bonds is 4. The van der Waals surface area contributed by atoms with Crippen molar-refractivity contribution in [1.29, 1.82) is 0 Å². The van der Waals surface area contributed by atoms with Gasteiger partial charge in [-0.25, -0.2) is 0 Å². The number of ether oxygens (including phenoxy) is 3. The molecule has 5 N–H and O–H groups in total. The molecule has 3 heterocycles. The summed E-state index contributed by atoms with van der Waals surface area (Å²) in [5, 5.41) is 11.8. The number of anilines is 2. The number of nitrogens with one attached hydrogen (secondary N) is 1. The molecule has 0 saturated heterocycles. The van der Waals surface area contributed by atoms with Gasteiger partial charge in [-0.05, 0) is 54.1 Å². The van der Waals surface area contributed by atoms with E-state index in [-0.39, 0.29) is 24.0 Å². The van der Waals surface area contributed by atoms with Gasteiger partial charge in [-0.1, -0.05) is 17.7 Å². The van der Waals surface area contributed by atoms with Gasteiger partial charge in [0.1, 0.15) is 18.1 Å². The molecule has 3 aliphatic rings. The molecule has 11 heteroatoms. The van der Waals surface area contributed by atoms with Crippen LogP contribution in [0, 0.1) is 0 Å². The highest BCUT2D eigenvalue weighted by molar-refractivity contribution is 6.34. The maximum Gasteiger partial charge on any atom is 0.257 e. The molecule has 1 unspecified atom stereocenters. The number of fused-ring (bicyclic) bond motifs is 3. The molecule has 0 fully saturated rings. The van der Waals surface area contributed by atoms with E-state index in [0.29, 0.717) is 51.0 Å². The number of benzene rings is 3. The molecule has 0 saturated carbocycles. The van der Waals surface area contributed by atoms with E-state index in [1.807, 2.05) is 0 Å². The predicted molar refractivity (Wildman–Crippen MR) is 131 cm³/mol. The van der Waals surface area contributed by atoms with Crippen LogP contribution < -0.4 is 31.0 Å². The van der Waals surface area contributed by atoms with Crippen molar-refractivity contribution in [3.05, 3.63) is 81.9 Å². The number of halogens is 1.